The summed E-state index contributed by atoms with van der Waals surface area (Å²) in [5.41, 5.74) is 0.992. The van der Waals surface area contributed by atoms with Gasteiger partial charge in [-0.05, 0) is 24.3 Å². The third kappa shape index (κ3) is 1.13. The second kappa shape index (κ2) is 2.92. The van der Waals surface area contributed by atoms with Crippen LogP contribution < -0.4 is 0 Å². The van der Waals surface area contributed by atoms with Gasteiger partial charge in [-0.15, -0.1) is 0 Å². The molecule has 0 spiro atoms. The van der Waals surface area contributed by atoms with Crippen LogP contribution in [0.15, 0.2) is 55.0 Å². The maximum atomic E-state index is 9.76. The maximum Gasteiger partial charge on any atom is 0.143 e. The molecule has 0 saturated heterocycles. The highest BCUT2D eigenvalue weighted by Gasteiger charge is 2.06. The average Bonchev–Trinajstić information content (AvgIpc) is 2.87. The van der Waals surface area contributed by atoms with E-state index in [0.29, 0.717) is 5.75 Å². The first kappa shape index (κ1) is 8.17. The smallest absolute Gasteiger partial charge is 0.143 e. The van der Waals surface area contributed by atoms with Gasteiger partial charge in [0.15, 0.2) is 0 Å². The van der Waals surface area contributed by atoms with Gasteiger partial charge in [0.25, 0.3) is 0 Å². The van der Waals surface area contributed by atoms with Crippen LogP contribution in [0.2, 0.25) is 0 Å². The molecule has 0 aliphatic heterocycles. The number of rotatable bonds is 1. The lowest BCUT2D eigenvalue weighted by Crippen LogP contribution is -2.03. The highest BCUT2D eigenvalue weighted by atomic mass is 16.3. The van der Waals surface area contributed by atoms with Crippen LogP contribution in [-0.2, 0) is 0 Å². The number of aromatic nitrogens is 2. The van der Waals surface area contributed by atoms with Crippen molar-refractivity contribution in [1.82, 2.24) is 9.35 Å². The van der Waals surface area contributed by atoms with Gasteiger partial charge in [-0.25, -0.2) is 0 Å². The van der Waals surface area contributed by atoms with Crippen LogP contribution in [0.4, 0.5) is 0 Å². The molecular weight excluding hydrogens is 188 g/mol. The van der Waals surface area contributed by atoms with Crippen molar-refractivity contribution < 1.29 is 5.11 Å². The van der Waals surface area contributed by atoms with Crippen molar-refractivity contribution in [2.75, 3.05) is 0 Å². The van der Waals surface area contributed by atoms with E-state index in [0.717, 1.165) is 10.9 Å². The van der Waals surface area contributed by atoms with E-state index in [-0.39, 0.29) is 0 Å². The van der Waals surface area contributed by atoms with Crippen LogP contribution >= 0.6 is 0 Å². The molecule has 0 unspecified atom stereocenters. The zero-order valence-electron chi connectivity index (χ0n) is 8.04. The summed E-state index contributed by atoms with van der Waals surface area (Å²) in [6, 6.07) is 11.7. The summed E-state index contributed by atoms with van der Waals surface area (Å²) in [6.45, 7) is 0. The lowest BCUT2D eigenvalue weighted by atomic mass is 10.2. The van der Waals surface area contributed by atoms with Crippen LogP contribution in [-0.4, -0.2) is 14.5 Å². The molecule has 3 aromatic rings. The molecule has 0 atom stereocenters. The van der Waals surface area contributed by atoms with Crippen LogP contribution in [0.1, 0.15) is 0 Å². The normalized spacial score (nSPS) is 10.9. The maximum absolute atomic E-state index is 9.76. The second-order valence-corrected chi connectivity index (χ2v) is 3.44. The lowest BCUT2D eigenvalue weighted by molar-refractivity contribution is 0.477. The summed E-state index contributed by atoms with van der Waals surface area (Å²) in [4.78, 5) is 0. The van der Waals surface area contributed by atoms with Gasteiger partial charge in [0.1, 0.15) is 5.75 Å². The van der Waals surface area contributed by atoms with Gasteiger partial charge < -0.3 is 5.11 Å². The number of hydrogen-bond donors (Lipinski definition) is 1. The van der Waals surface area contributed by atoms with Gasteiger partial charge in [0.05, 0.1) is 11.7 Å². The van der Waals surface area contributed by atoms with Crippen molar-refractivity contribution >= 4 is 10.9 Å². The molecule has 15 heavy (non-hydrogen) atoms. The molecule has 74 valence electrons. The second-order valence-electron chi connectivity index (χ2n) is 3.44. The largest absolute Gasteiger partial charge is 0.506 e. The van der Waals surface area contributed by atoms with Crippen LogP contribution in [0.3, 0.4) is 0 Å². The quantitative estimate of drug-likeness (QED) is 0.639. The summed E-state index contributed by atoms with van der Waals surface area (Å²) >= 11 is 0. The summed E-state index contributed by atoms with van der Waals surface area (Å²) in [6.07, 6.45) is 5.59. The first-order valence-corrected chi connectivity index (χ1v) is 4.79. The Morgan fingerprint density at radius 3 is 2.47 bits per heavy atom. The van der Waals surface area contributed by atoms with Crippen molar-refractivity contribution in [1.29, 1.82) is 0 Å². The highest BCUT2D eigenvalue weighted by Crippen LogP contribution is 2.26. The fraction of sp³-hybridized carbons (Fsp3) is 0. The van der Waals surface area contributed by atoms with Crippen LogP contribution in [0, 0.1) is 0 Å². The van der Waals surface area contributed by atoms with Gasteiger partial charge in [0.2, 0.25) is 0 Å². The van der Waals surface area contributed by atoms with Gasteiger partial charge in [-0.3, -0.25) is 9.35 Å². The number of nitrogens with zero attached hydrogens (tertiary/aromatic N) is 2. The van der Waals surface area contributed by atoms with Crippen molar-refractivity contribution in [3.63, 3.8) is 0 Å². The zero-order chi connectivity index (χ0) is 10.3. The van der Waals surface area contributed by atoms with Crippen molar-refractivity contribution in [2.24, 2.45) is 0 Å². The predicted octanol–water partition coefficient (Wildman–Crippen LogP) is 2.46. The zero-order valence-corrected chi connectivity index (χ0v) is 8.04. The molecule has 3 heteroatoms. The number of hydrogen-bond acceptors (Lipinski definition) is 1. The minimum Gasteiger partial charge on any atom is -0.506 e. The minimum atomic E-state index is 0.305. The molecule has 1 aromatic carbocycles. The van der Waals surface area contributed by atoms with E-state index in [4.69, 9.17) is 0 Å². The Morgan fingerprint density at radius 1 is 0.933 bits per heavy atom. The molecule has 0 aliphatic rings. The molecule has 0 radical (unpaired) electrons. The topological polar surface area (TPSA) is 30.1 Å². The summed E-state index contributed by atoms with van der Waals surface area (Å²) in [7, 11) is 0. The third-order valence-electron chi connectivity index (χ3n) is 2.51. The molecule has 3 rings (SSSR count). The number of benzene rings is 1. The Balaban J connectivity index is 2.37. The van der Waals surface area contributed by atoms with Gasteiger partial charge >= 0.3 is 0 Å². The fourth-order valence-corrected chi connectivity index (χ4v) is 1.81. The molecular formula is C12H10N2O. The van der Waals surface area contributed by atoms with Crippen molar-refractivity contribution in [2.45, 2.75) is 0 Å². The predicted molar refractivity (Wildman–Crippen MR) is 58.8 cm³/mol. The van der Waals surface area contributed by atoms with E-state index in [1.807, 2.05) is 58.1 Å². The third-order valence-corrected chi connectivity index (χ3v) is 2.51. The number of aromatic hydroxyl groups is 1. The molecule has 1 N–H and O–H groups in total. The molecule has 2 aromatic heterocycles. The Bertz CT molecular complexity index is 593. The molecule has 0 bridgehead atoms. The molecule has 0 fully saturated rings. The van der Waals surface area contributed by atoms with E-state index in [1.54, 1.807) is 6.20 Å². The Hall–Kier alpha value is -2.16. The lowest BCUT2D eigenvalue weighted by Gasteiger charge is -2.05. The summed E-state index contributed by atoms with van der Waals surface area (Å²) in [5, 5.41) is 10.6. The van der Waals surface area contributed by atoms with Crippen LogP contribution in [0.25, 0.3) is 10.9 Å². The molecule has 3 nitrogen and oxygen atoms in total. The Labute approximate surface area is 86.8 Å². The van der Waals surface area contributed by atoms with E-state index < -0.39 is 0 Å². The minimum absolute atomic E-state index is 0.305. The Morgan fingerprint density at radius 2 is 1.67 bits per heavy atom. The average molecular weight is 198 g/mol. The molecule has 0 saturated carbocycles. The highest BCUT2D eigenvalue weighted by molar-refractivity contribution is 5.86. The first-order valence-electron chi connectivity index (χ1n) is 4.79. The van der Waals surface area contributed by atoms with Crippen molar-refractivity contribution in [3.8, 4) is 5.75 Å². The molecule has 0 aliphatic carbocycles. The number of fused-ring (bicyclic) bond motifs is 1. The monoisotopic (exact) mass is 198 g/mol. The van der Waals surface area contributed by atoms with E-state index in [9.17, 15) is 5.11 Å². The standard InChI is InChI=1S/C12H10N2O/c15-12-9-14(13-7-3-4-8-13)11-6-2-1-5-10(11)12/h1-9,15H. The van der Waals surface area contributed by atoms with E-state index in [2.05, 4.69) is 0 Å². The summed E-state index contributed by atoms with van der Waals surface area (Å²) < 4.78 is 3.83. The van der Waals surface area contributed by atoms with Crippen molar-refractivity contribution in [3.05, 3.63) is 55.0 Å². The fourth-order valence-electron chi connectivity index (χ4n) is 1.81. The van der Waals surface area contributed by atoms with Gasteiger partial charge in [-0.2, -0.15) is 0 Å². The van der Waals surface area contributed by atoms with Gasteiger partial charge in [0, 0.05) is 17.8 Å². The first-order chi connectivity index (χ1) is 7.36. The van der Waals surface area contributed by atoms with Gasteiger partial charge in [-0.1, -0.05) is 12.1 Å². The summed E-state index contributed by atoms with van der Waals surface area (Å²) in [5.74, 6) is 0.305. The molecule has 2 heterocycles. The van der Waals surface area contributed by atoms with E-state index >= 15 is 0 Å². The number of para-hydroxylation sites is 1. The van der Waals surface area contributed by atoms with E-state index in [1.165, 1.54) is 0 Å². The Kier molecular flexibility index (Phi) is 1.59. The molecule has 0 amide bonds. The SMILES string of the molecule is Oc1cn(-n2cccc2)c2ccccc12. The van der Waals surface area contributed by atoms with Crippen LogP contribution in [0.5, 0.6) is 5.75 Å².